The van der Waals surface area contributed by atoms with Crippen molar-refractivity contribution in [2.75, 3.05) is 6.54 Å². The van der Waals surface area contributed by atoms with Crippen molar-refractivity contribution in [3.05, 3.63) is 75.4 Å². The smallest absolute Gasteiger partial charge is 0.0515 e. The van der Waals surface area contributed by atoms with Crippen molar-refractivity contribution in [3.8, 4) is 0 Å². The summed E-state index contributed by atoms with van der Waals surface area (Å²) in [5.41, 5.74) is 3.95. The molecule has 90 valence electrons. The molecule has 0 saturated carbocycles. The van der Waals surface area contributed by atoms with Crippen LogP contribution >= 0.6 is 22.6 Å². The van der Waals surface area contributed by atoms with Gasteiger partial charge in [-0.15, -0.1) is 0 Å². The van der Waals surface area contributed by atoms with Crippen molar-refractivity contribution in [1.82, 2.24) is 5.32 Å². The lowest BCUT2D eigenvalue weighted by Crippen LogP contribution is -2.10. The fraction of sp³-hybridized carbons (Fsp3) is 0.125. The van der Waals surface area contributed by atoms with Gasteiger partial charge in [-0.3, -0.25) is 0 Å². The Morgan fingerprint density at radius 3 is 2.17 bits per heavy atom. The van der Waals surface area contributed by atoms with Crippen molar-refractivity contribution in [3.63, 3.8) is 0 Å². The summed E-state index contributed by atoms with van der Waals surface area (Å²) >= 11 is 2.48. The first-order valence-electron chi connectivity index (χ1n) is 6.10. The van der Waals surface area contributed by atoms with Gasteiger partial charge in [0.25, 0.3) is 0 Å². The third-order valence-electron chi connectivity index (χ3n) is 3.29. The van der Waals surface area contributed by atoms with Crippen LogP contribution in [0, 0.1) is 0 Å². The molecule has 0 bridgehead atoms. The molecule has 2 heteroatoms. The Bertz CT molecular complexity index is 560. The SMILES string of the molecule is IC1=C(c2ccccc2)NC[C@@H]1c1ccccc1. The van der Waals surface area contributed by atoms with Gasteiger partial charge in [0, 0.05) is 16.0 Å². The average molecular weight is 347 g/mol. The molecule has 0 spiro atoms. The zero-order valence-electron chi connectivity index (χ0n) is 9.94. The molecular formula is C16H14IN. The molecule has 0 unspecified atom stereocenters. The van der Waals surface area contributed by atoms with Crippen molar-refractivity contribution < 1.29 is 0 Å². The molecule has 1 aliphatic rings. The standard InChI is InChI=1S/C16H14IN/c17-15-14(12-7-3-1-4-8-12)11-18-16(15)13-9-5-2-6-10-13/h1-10,14,18H,11H2/t14-/m1/s1. The molecule has 1 atom stereocenters. The number of hydrogen-bond acceptors (Lipinski definition) is 1. The molecule has 0 aliphatic carbocycles. The molecule has 0 amide bonds. The van der Waals surface area contributed by atoms with Crippen LogP contribution in [0.25, 0.3) is 5.70 Å². The Morgan fingerprint density at radius 2 is 1.50 bits per heavy atom. The molecule has 0 radical (unpaired) electrons. The summed E-state index contributed by atoms with van der Waals surface area (Å²) in [6.45, 7) is 0.993. The van der Waals surface area contributed by atoms with E-state index in [1.165, 1.54) is 20.4 Å². The van der Waals surface area contributed by atoms with Gasteiger partial charge in [-0.25, -0.2) is 0 Å². The first-order valence-corrected chi connectivity index (χ1v) is 7.18. The highest BCUT2D eigenvalue weighted by molar-refractivity contribution is 14.1. The van der Waals surface area contributed by atoms with E-state index in [0.29, 0.717) is 5.92 Å². The van der Waals surface area contributed by atoms with E-state index in [-0.39, 0.29) is 0 Å². The summed E-state index contributed by atoms with van der Waals surface area (Å²) in [4.78, 5) is 0. The van der Waals surface area contributed by atoms with Gasteiger partial charge in [0.05, 0.1) is 5.70 Å². The van der Waals surface area contributed by atoms with E-state index >= 15 is 0 Å². The lowest BCUT2D eigenvalue weighted by Gasteiger charge is -2.09. The van der Waals surface area contributed by atoms with Crippen LogP contribution in [0.2, 0.25) is 0 Å². The van der Waals surface area contributed by atoms with E-state index in [1.807, 2.05) is 0 Å². The summed E-state index contributed by atoms with van der Waals surface area (Å²) < 4.78 is 1.41. The number of halogens is 1. The summed E-state index contributed by atoms with van der Waals surface area (Å²) in [5, 5.41) is 3.54. The predicted octanol–water partition coefficient (Wildman–Crippen LogP) is 4.18. The second kappa shape index (κ2) is 5.14. The van der Waals surface area contributed by atoms with Gasteiger partial charge in [0.2, 0.25) is 0 Å². The lowest BCUT2D eigenvalue weighted by atomic mass is 10.00. The maximum atomic E-state index is 3.54. The van der Waals surface area contributed by atoms with Crippen LogP contribution in [0.15, 0.2) is 64.2 Å². The van der Waals surface area contributed by atoms with Crippen LogP contribution in [0.1, 0.15) is 17.0 Å². The molecule has 1 heterocycles. The molecule has 1 N–H and O–H groups in total. The van der Waals surface area contributed by atoms with Gasteiger partial charge in [-0.1, -0.05) is 60.7 Å². The van der Waals surface area contributed by atoms with E-state index in [1.54, 1.807) is 0 Å². The largest absolute Gasteiger partial charge is 0.383 e. The monoisotopic (exact) mass is 347 g/mol. The highest BCUT2D eigenvalue weighted by Crippen LogP contribution is 2.38. The minimum atomic E-state index is 0.488. The van der Waals surface area contributed by atoms with Crippen molar-refractivity contribution in [2.45, 2.75) is 5.92 Å². The predicted molar refractivity (Wildman–Crippen MR) is 84.6 cm³/mol. The fourth-order valence-corrected chi connectivity index (χ4v) is 3.43. The highest BCUT2D eigenvalue weighted by atomic mass is 127. The Balaban J connectivity index is 1.97. The quantitative estimate of drug-likeness (QED) is 0.804. The van der Waals surface area contributed by atoms with E-state index < -0.39 is 0 Å². The Morgan fingerprint density at radius 1 is 0.889 bits per heavy atom. The van der Waals surface area contributed by atoms with Crippen LogP contribution in [0.3, 0.4) is 0 Å². The van der Waals surface area contributed by atoms with Crippen LogP contribution in [0.5, 0.6) is 0 Å². The van der Waals surface area contributed by atoms with Crippen molar-refractivity contribution >= 4 is 28.3 Å². The van der Waals surface area contributed by atoms with Crippen LogP contribution < -0.4 is 5.32 Å². The Labute approximate surface area is 121 Å². The Hall–Kier alpha value is -1.29. The van der Waals surface area contributed by atoms with Gasteiger partial charge < -0.3 is 5.32 Å². The third-order valence-corrected chi connectivity index (χ3v) is 4.58. The zero-order chi connectivity index (χ0) is 12.4. The summed E-state index contributed by atoms with van der Waals surface area (Å²) in [7, 11) is 0. The number of hydrogen-bond donors (Lipinski definition) is 1. The van der Waals surface area contributed by atoms with Crippen molar-refractivity contribution in [2.24, 2.45) is 0 Å². The molecule has 0 fully saturated rings. The van der Waals surface area contributed by atoms with Gasteiger partial charge in [0.1, 0.15) is 0 Å². The number of benzene rings is 2. The molecule has 3 rings (SSSR count). The maximum Gasteiger partial charge on any atom is 0.0515 e. The maximum absolute atomic E-state index is 3.54. The van der Waals surface area contributed by atoms with E-state index in [9.17, 15) is 0 Å². The van der Waals surface area contributed by atoms with E-state index in [2.05, 4.69) is 88.6 Å². The van der Waals surface area contributed by atoms with Crippen LogP contribution in [-0.2, 0) is 0 Å². The first kappa shape index (κ1) is 11.8. The topological polar surface area (TPSA) is 12.0 Å². The molecule has 18 heavy (non-hydrogen) atoms. The average Bonchev–Trinajstić information content (AvgIpc) is 2.83. The first-order chi connectivity index (χ1) is 8.86. The molecule has 1 nitrogen and oxygen atoms in total. The van der Waals surface area contributed by atoms with Gasteiger partial charge in [-0.05, 0) is 33.7 Å². The number of rotatable bonds is 2. The Kier molecular flexibility index (Phi) is 3.37. The van der Waals surface area contributed by atoms with Crippen LogP contribution in [-0.4, -0.2) is 6.54 Å². The molecule has 1 aliphatic heterocycles. The van der Waals surface area contributed by atoms with Crippen molar-refractivity contribution in [1.29, 1.82) is 0 Å². The molecule has 0 saturated heterocycles. The lowest BCUT2D eigenvalue weighted by molar-refractivity contribution is 0.817. The molecular weight excluding hydrogens is 333 g/mol. The van der Waals surface area contributed by atoms with Gasteiger partial charge >= 0.3 is 0 Å². The minimum Gasteiger partial charge on any atom is -0.383 e. The summed E-state index contributed by atoms with van der Waals surface area (Å²) in [6.07, 6.45) is 0. The molecule has 2 aromatic rings. The summed E-state index contributed by atoms with van der Waals surface area (Å²) in [6, 6.07) is 21.3. The third kappa shape index (κ3) is 2.17. The zero-order valence-corrected chi connectivity index (χ0v) is 12.1. The summed E-state index contributed by atoms with van der Waals surface area (Å²) in [5.74, 6) is 0.488. The van der Waals surface area contributed by atoms with E-state index in [0.717, 1.165) is 6.54 Å². The normalized spacial score (nSPS) is 18.8. The molecule has 2 aromatic carbocycles. The van der Waals surface area contributed by atoms with Gasteiger partial charge in [0.15, 0.2) is 0 Å². The second-order valence-electron chi connectivity index (χ2n) is 4.43. The van der Waals surface area contributed by atoms with E-state index in [4.69, 9.17) is 0 Å². The molecule has 0 aromatic heterocycles. The highest BCUT2D eigenvalue weighted by Gasteiger charge is 2.25. The van der Waals surface area contributed by atoms with Gasteiger partial charge in [-0.2, -0.15) is 0 Å². The number of nitrogens with one attached hydrogen (secondary N) is 1. The second-order valence-corrected chi connectivity index (χ2v) is 5.60. The minimum absolute atomic E-state index is 0.488. The van der Waals surface area contributed by atoms with Crippen LogP contribution in [0.4, 0.5) is 0 Å². The fourth-order valence-electron chi connectivity index (χ4n) is 2.35.